The minimum atomic E-state index is -0.620. The van der Waals surface area contributed by atoms with Crippen molar-refractivity contribution in [3.05, 3.63) is 71.3 Å². The van der Waals surface area contributed by atoms with Gasteiger partial charge in [0.1, 0.15) is 6.04 Å². The molecule has 0 radical (unpaired) electrons. The zero-order chi connectivity index (χ0) is 20.6. The minimum Gasteiger partial charge on any atom is -0.341 e. The van der Waals surface area contributed by atoms with E-state index in [0.29, 0.717) is 19.5 Å². The van der Waals surface area contributed by atoms with Crippen LogP contribution < -0.4 is 5.32 Å². The van der Waals surface area contributed by atoms with E-state index in [4.69, 9.17) is 0 Å². The van der Waals surface area contributed by atoms with Gasteiger partial charge in [-0.1, -0.05) is 54.6 Å². The van der Waals surface area contributed by atoms with Crippen molar-refractivity contribution < 1.29 is 9.59 Å². The summed E-state index contributed by atoms with van der Waals surface area (Å²) in [5.74, 6) is -0.0912. The molecule has 2 aromatic carbocycles. The van der Waals surface area contributed by atoms with E-state index in [0.717, 1.165) is 31.5 Å². The maximum absolute atomic E-state index is 13.2. The molecule has 1 fully saturated rings. The molecule has 0 spiro atoms. The molecule has 0 aliphatic carbocycles. The number of aryl methyl sites for hydroxylation is 2. The van der Waals surface area contributed by atoms with Gasteiger partial charge >= 0.3 is 0 Å². The highest BCUT2D eigenvalue weighted by molar-refractivity contribution is 5.88. The van der Waals surface area contributed by atoms with Gasteiger partial charge in [0.15, 0.2) is 0 Å². The number of rotatable bonds is 7. The Balaban J connectivity index is 1.61. The van der Waals surface area contributed by atoms with Gasteiger partial charge in [0.2, 0.25) is 11.8 Å². The maximum Gasteiger partial charge on any atom is 0.249 e. The summed E-state index contributed by atoms with van der Waals surface area (Å²) in [4.78, 5) is 29.9. The van der Waals surface area contributed by atoms with Gasteiger partial charge in [-0.2, -0.15) is 0 Å². The van der Waals surface area contributed by atoms with Crippen LogP contribution in [0.3, 0.4) is 0 Å². The molecule has 29 heavy (non-hydrogen) atoms. The monoisotopic (exact) mass is 393 g/mol. The third kappa shape index (κ3) is 5.91. The number of hydrogen-bond acceptors (Lipinski definition) is 3. The van der Waals surface area contributed by atoms with E-state index in [1.54, 1.807) is 0 Å². The summed E-state index contributed by atoms with van der Waals surface area (Å²) in [5, 5.41) is 3.00. The molecule has 0 aromatic heterocycles. The zero-order valence-corrected chi connectivity index (χ0v) is 17.4. The van der Waals surface area contributed by atoms with Gasteiger partial charge in [-0.05, 0) is 43.5 Å². The lowest BCUT2D eigenvalue weighted by Gasteiger charge is -2.35. The predicted octanol–water partition coefficient (Wildman–Crippen LogP) is 2.95. The summed E-state index contributed by atoms with van der Waals surface area (Å²) in [7, 11) is 2.06. The molecule has 1 N–H and O–H groups in total. The number of carbonyl (C=O) groups is 2. The smallest absolute Gasteiger partial charge is 0.249 e. The predicted molar refractivity (Wildman–Crippen MR) is 116 cm³/mol. The summed E-state index contributed by atoms with van der Waals surface area (Å²) >= 11 is 0. The summed E-state index contributed by atoms with van der Waals surface area (Å²) < 4.78 is 0. The number of benzene rings is 2. The SMILES string of the molecule is Cc1ccccc1CCCC(=O)NC(C(=O)N1CCN(C)CC1)c1ccccc1. The van der Waals surface area contributed by atoms with Gasteiger partial charge in [-0.25, -0.2) is 0 Å². The first-order chi connectivity index (χ1) is 14.0. The third-order valence-corrected chi connectivity index (χ3v) is 5.61. The molecule has 2 amide bonds. The Labute approximate surface area is 173 Å². The van der Waals surface area contributed by atoms with Crippen molar-refractivity contribution in [1.29, 1.82) is 0 Å². The first-order valence-electron chi connectivity index (χ1n) is 10.4. The van der Waals surface area contributed by atoms with E-state index in [-0.39, 0.29) is 11.8 Å². The van der Waals surface area contributed by atoms with Gasteiger partial charge in [0, 0.05) is 32.6 Å². The molecule has 2 aromatic rings. The molecule has 1 aliphatic rings. The Bertz CT molecular complexity index is 814. The van der Waals surface area contributed by atoms with Crippen LogP contribution in [0.15, 0.2) is 54.6 Å². The lowest BCUT2D eigenvalue weighted by atomic mass is 10.0. The second-order valence-electron chi connectivity index (χ2n) is 7.82. The van der Waals surface area contributed by atoms with Crippen LogP contribution in [-0.4, -0.2) is 54.8 Å². The second kappa shape index (κ2) is 10.2. The van der Waals surface area contributed by atoms with Crippen molar-refractivity contribution in [2.45, 2.75) is 32.2 Å². The van der Waals surface area contributed by atoms with E-state index in [2.05, 4.69) is 36.3 Å². The Kier molecular flexibility index (Phi) is 7.42. The van der Waals surface area contributed by atoms with Crippen LogP contribution in [0, 0.1) is 6.92 Å². The lowest BCUT2D eigenvalue weighted by Crippen LogP contribution is -2.51. The van der Waals surface area contributed by atoms with Crippen molar-refractivity contribution >= 4 is 11.8 Å². The van der Waals surface area contributed by atoms with E-state index in [1.165, 1.54) is 11.1 Å². The molecule has 0 saturated carbocycles. The summed E-state index contributed by atoms with van der Waals surface area (Å²) in [6, 6.07) is 17.2. The van der Waals surface area contributed by atoms with E-state index >= 15 is 0 Å². The zero-order valence-electron chi connectivity index (χ0n) is 17.4. The molecular formula is C24H31N3O2. The molecule has 1 unspecified atom stereocenters. The highest BCUT2D eigenvalue weighted by Gasteiger charge is 2.29. The number of amides is 2. The first kappa shape index (κ1) is 21.1. The van der Waals surface area contributed by atoms with Crippen LogP contribution >= 0.6 is 0 Å². The van der Waals surface area contributed by atoms with E-state index in [9.17, 15) is 9.59 Å². The summed E-state index contributed by atoms with van der Waals surface area (Å²) in [6.45, 7) is 5.20. The highest BCUT2D eigenvalue weighted by Crippen LogP contribution is 2.18. The molecule has 5 heteroatoms. The molecule has 1 saturated heterocycles. The summed E-state index contributed by atoms with van der Waals surface area (Å²) in [6.07, 6.45) is 2.04. The highest BCUT2D eigenvalue weighted by atomic mass is 16.2. The summed E-state index contributed by atoms with van der Waals surface area (Å²) in [5.41, 5.74) is 3.36. The van der Waals surface area contributed by atoms with Gasteiger partial charge in [-0.15, -0.1) is 0 Å². The average molecular weight is 394 g/mol. The number of hydrogen-bond donors (Lipinski definition) is 1. The molecule has 1 heterocycles. The van der Waals surface area contributed by atoms with E-state index < -0.39 is 6.04 Å². The molecular weight excluding hydrogens is 362 g/mol. The first-order valence-corrected chi connectivity index (χ1v) is 10.4. The second-order valence-corrected chi connectivity index (χ2v) is 7.82. The fraction of sp³-hybridized carbons (Fsp3) is 0.417. The van der Waals surface area contributed by atoms with Crippen molar-refractivity contribution in [1.82, 2.24) is 15.1 Å². The molecule has 1 aliphatic heterocycles. The number of nitrogens with one attached hydrogen (secondary N) is 1. The fourth-order valence-electron chi connectivity index (χ4n) is 3.71. The van der Waals surface area contributed by atoms with Crippen LogP contribution in [0.2, 0.25) is 0 Å². The molecule has 0 bridgehead atoms. The van der Waals surface area contributed by atoms with Crippen LogP contribution in [-0.2, 0) is 16.0 Å². The number of carbonyl (C=O) groups excluding carboxylic acids is 2. The largest absolute Gasteiger partial charge is 0.341 e. The minimum absolute atomic E-state index is 0.0171. The van der Waals surface area contributed by atoms with Crippen molar-refractivity contribution in [2.75, 3.05) is 33.2 Å². The van der Waals surface area contributed by atoms with Crippen LogP contribution in [0.25, 0.3) is 0 Å². The Hall–Kier alpha value is -2.66. The lowest BCUT2D eigenvalue weighted by molar-refractivity contribution is -0.138. The quantitative estimate of drug-likeness (QED) is 0.787. The topological polar surface area (TPSA) is 52.7 Å². The fourth-order valence-corrected chi connectivity index (χ4v) is 3.71. The molecule has 3 rings (SSSR count). The van der Waals surface area contributed by atoms with Crippen LogP contribution in [0.4, 0.5) is 0 Å². The third-order valence-electron chi connectivity index (χ3n) is 5.61. The van der Waals surface area contributed by atoms with Gasteiger partial charge in [-0.3, -0.25) is 9.59 Å². The standard InChI is InChI=1S/C24H31N3O2/c1-19-9-6-7-10-20(19)13-8-14-22(28)25-23(21-11-4-3-5-12-21)24(29)27-17-15-26(2)16-18-27/h3-7,9-12,23H,8,13-18H2,1-2H3,(H,25,28). The van der Waals surface area contributed by atoms with Crippen LogP contribution in [0.1, 0.15) is 35.6 Å². The van der Waals surface area contributed by atoms with Crippen molar-refractivity contribution in [3.8, 4) is 0 Å². The van der Waals surface area contributed by atoms with Crippen LogP contribution in [0.5, 0.6) is 0 Å². The maximum atomic E-state index is 13.2. The molecule has 5 nitrogen and oxygen atoms in total. The van der Waals surface area contributed by atoms with Crippen molar-refractivity contribution in [3.63, 3.8) is 0 Å². The number of piperazine rings is 1. The molecule has 1 atom stereocenters. The molecule has 154 valence electrons. The van der Waals surface area contributed by atoms with Gasteiger partial charge < -0.3 is 15.1 Å². The number of likely N-dealkylation sites (N-methyl/N-ethyl adjacent to an activating group) is 1. The Morgan fingerprint density at radius 2 is 1.62 bits per heavy atom. The van der Waals surface area contributed by atoms with Gasteiger partial charge in [0.25, 0.3) is 0 Å². The Morgan fingerprint density at radius 1 is 0.966 bits per heavy atom. The van der Waals surface area contributed by atoms with Crippen molar-refractivity contribution in [2.24, 2.45) is 0 Å². The normalized spacial score (nSPS) is 15.7. The van der Waals surface area contributed by atoms with E-state index in [1.807, 2.05) is 47.4 Å². The van der Waals surface area contributed by atoms with Gasteiger partial charge in [0.05, 0.1) is 0 Å². The Morgan fingerprint density at radius 3 is 2.31 bits per heavy atom. The average Bonchev–Trinajstić information content (AvgIpc) is 2.74. The number of nitrogens with zero attached hydrogens (tertiary/aromatic N) is 2.